The molecule has 0 aromatic heterocycles. The van der Waals surface area contributed by atoms with Gasteiger partial charge in [0.2, 0.25) is 0 Å². The molecular formula is C9H10. The lowest BCUT2D eigenvalue weighted by atomic mass is 10.2. The van der Waals surface area contributed by atoms with E-state index >= 15 is 0 Å². The second kappa shape index (κ2) is 4.04. The Bertz CT molecular complexity index is 158. The van der Waals surface area contributed by atoms with Crippen LogP contribution in [-0.4, -0.2) is 0 Å². The standard InChI is InChI=1S/C9H10/c1-2-4-6-8-9-7-5-3-1/h1-5H2. The van der Waals surface area contributed by atoms with Crippen LogP contribution in [0, 0.1) is 23.7 Å². The quantitative estimate of drug-likeness (QED) is 0.426. The maximum atomic E-state index is 3.00. The van der Waals surface area contributed by atoms with Gasteiger partial charge in [0.15, 0.2) is 0 Å². The highest BCUT2D eigenvalue weighted by Gasteiger charge is 1.85. The van der Waals surface area contributed by atoms with Crippen LogP contribution in [0.1, 0.15) is 32.1 Å². The lowest BCUT2D eigenvalue weighted by molar-refractivity contribution is 0.710. The fourth-order valence-electron chi connectivity index (χ4n) is 0.817. The first-order chi connectivity index (χ1) is 4.50. The van der Waals surface area contributed by atoms with Gasteiger partial charge in [0.05, 0.1) is 0 Å². The predicted molar refractivity (Wildman–Crippen MR) is 38.6 cm³/mol. The molecule has 0 radical (unpaired) electrons. The molecule has 0 saturated heterocycles. The van der Waals surface area contributed by atoms with Crippen molar-refractivity contribution in [1.82, 2.24) is 0 Å². The van der Waals surface area contributed by atoms with Gasteiger partial charge in [-0.25, -0.2) is 0 Å². The molecule has 0 bridgehead atoms. The van der Waals surface area contributed by atoms with Crippen molar-refractivity contribution in [2.75, 3.05) is 0 Å². The maximum Gasteiger partial charge on any atom is 0.00989 e. The van der Waals surface area contributed by atoms with E-state index in [9.17, 15) is 0 Å². The molecule has 46 valence electrons. The largest absolute Gasteiger partial charge is 0.0891 e. The zero-order valence-electron chi connectivity index (χ0n) is 5.54. The van der Waals surface area contributed by atoms with Gasteiger partial charge in [0.1, 0.15) is 0 Å². The van der Waals surface area contributed by atoms with Crippen LogP contribution in [-0.2, 0) is 0 Å². The van der Waals surface area contributed by atoms with Gasteiger partial charge in [-0.2, -0.15) is 0 Å². The summed E-state index contributed by atoms with van der Waals surface area (Å²) in [5.74, 6) is 11.6. The highest BCUT2D eigenvalue weighted by molar-refractivity contribution is 5.25. The van der Waals surface area contributed by atoms with Crippen molar-refractivity contribution < 1.29 is 0 Å². The van der Waals surface area contributed by atoms with Crippen molar-refractivity contribution in [2.24, 2.45) is 0 Å². The van der Waals surface area contributed by atoms with Crippen LogP contribution in [0.3, 0.4) is 0 Å². The molecule has 0 aromatic rings. The van der Waals surface area contributed by atoms with Crippen LogP contribution in [0.5, 0.6) is 0 Å². The second-order valence-electron chi connectivity index (χ2n) is 2.16. The Morgan fingerprint density at radius 2 is 1.22 bits per heavy atom. The third kappa shape index (κ3) is 2.83. The van der Waals surface area contributed by atoms with Gasteiger partial charge >= 0.3 is 0 Å². The first-order valence-corrected chi connectivity index (χ1v) is 3.46. The van der Waals surface area contributed by atoms with E-state index in [-0.39, 0.29) is 0 Å². The van der Waals surface area contributed by atoms with Gasteiger partial charge < -0.3 is 0 Å². The molecule has 0 aromatic carbocycles. The highest BCUT2D eigenvalue weighted by atomic mass is 13.9. The SMILES string of the molecule is C1#CCCCCCC#C1. The molecule has 9 heavy (non-hydrogen) atoms. The van der Waals surface area contributed by atoms with E-state index in [0.717, 1.165) is 12.8 Å². The molecule has 0 heterocycles. The fourth-order valence-corrected chi connectivity index (χ4v) is 0.817. The summed E-state index contributed by atoms with van der Waals surface area (Å²) in [6, 6.07) is 0. The third-order valence-electron chi connectivity index (χ3n) is 1.34. The van der Waals surface area contributed by atoms with Gasteiger partial charge in [-0.3, -0.25) is 0 Å². The molecule has 0 saturated carbocycles. The fraction of sp³-hybridized carbons (Fsp3) is 0.556. The molecule has 0 N–H and O–H groups in total. The molecule has 1 aliphatic carbocycles. The van der Waals surface area contributed by atoms with Gasteiger partial charge in [-0.15, -0.1) is 0 Å². The lowest BCUT2D eigenvalue weighted by Gasteiger charge is -1.89. The molecule has 0 fully saturated rings. The summed E-state index contributed by atoms with van der Waals surface area (Å²) in [4.78, 5) is 0. The third-order valence-corrected chi connectivity index (χ3v) is 1.34. The summed E-state index contributed by atoms with van der Waals surface area (Å²) in [5, 5.41) is 0. The first-order valence-electron chi connectivity index (χ1n) is 3.46. The van der Waals surface area contributed by atoms with Crippen molar-refractivity contribution >= 4 is 0 Å². The average Bonchev–Trinajstić information content (AvgIpc) is 2.00. The Morgan fingerprint density at radius 3 is 1.78 bits per heavy atom. The molecule has 0 unspecified atom stereocenters. The van der Waals surface area contributed by atoms with Crippen molar-refractivity contribution in [3.63, 3.8) is 0 Å². The Balaban J connectivity index is 2.42. The summed E-state index contributed by atoms with van der Waals surface area (Å²) in [7, 11) is 0. The maximum absolute atomic E-state index is 3.00. The zero-order valence-corrected chi connectivity index (χ0v) is 5.54. The monoisotopic (exact) mass is 118 g/mol. The smallest absolute Gasteiger partial charge is 0.00989 e. The first kappa shape index (κ1) is 6.24. The van der Waals surface area contributed by atoms with Crippen LogP contribution < -0.4 is 0 Å². The van der Waals surface area contributed by atoms with Crippen molar-refractivity contribution in [2.45, 2.75) is 32.1 Å². The summed E-state index contributed by atoms with van der Waals surface area (Å²) in [5.41, 5.74) is 0. The van der Waals surface area contributed by atoms with Gasteiger partial charge in [-0.05, 0) is 24.7 Å². The lowest BCUT2D eigenvalue weighted by Crippen LogP contribution is -1.73. The Morgan fingerprint density at radius 1 is 0.667 bits per heavy atom. The average molecular weight is 118 g/mol. The van der Waals surface area contributed by atoms with Crippen molar-refractivity contribution in [3.8, 4) is 23.7 Å². The Kier molecular flexibility index (Phi) is 2.81. The zero-order chi connectivity index (χ0) is 6.36. The van der Waals surface area contributed by atoms with E-state index in [0.29, 0.717) is 0 Å². The van der Waals surface area contributed by atoms with Gasteiger partial charge in [0.25, 0.3) is 0 Å². The molecule has 0 aliphatic heterocycles. The topological polar surface area (TPSA) is 0 Å². The Labute approximate surface area is 56.7 Å². The minimum absolute atomic E-state index is 1.04. The second-order valence-corrected chi connectivity index (χ2v) is 2.16. The van der Waals surface area contributed by atoms with Crippen LogP contribution in [0.2, 0.25) is 0 Å². The van der Waals surface area contributed by atoms with E-state index in [4.69, 9.17) is 0 Å². The van der Waals surface area contributed by atoms with Crippen LogP contribution >= 0.6 is 0 Å². The molecule has 0 heteroatoms. The predicted octanol–water partition coefficient (Wildman–Crippen LogP) is 1.96. The summed E-state index contributed by atoms with van der Waals surface area (Å²) in [6.07, 6.45) is 5.86. The summed E-state index contributed by atoms with van der Waals surface area (Å²) < 4.78 is 0. The minimum atomic E-state index is 1.04. The molecule has 0 spiro atoms. The minimum Gasteiger partial charge on any atom is -0.0891 e. The van der Waals surface area contributed by atoms with Crippen LogP contribution in [0.25, 0.3) is 0 Å². The van der Waals surface area contributed by atoms with E-state index in [2.05, 4.69) is 23.7 Å². The van der Waals surface area contributed by atoms with E-state index < -0.39 is 0 Å². The van der Waals surface area contributed by atoms with Gasteiger partial charge in [0, 0.05) is 12.8 Å². The molecule has 1 rings (SSSR count). The number of hydrogen-bond donors (Lipinski definition) is 0. The molecule has 1 aliphatic rings. The summed E-state index contributed by atoms with van der Waals surface area (Å²) >= 11 is 0. The van der Waals surface area contributed by atoms with E-state index in [1.165, 1.54) is 19.3 Å². The molecular weight excluding hydrogens is 108 g/mol. The van der Waals surface area contributed by atoms with Crippen molar-refractivity contribution in [1.29, 1.82) is 0 Å². The van der Waals surface area contributed by atoms with Crippen LogP contribution in [0.15, 0.2) is 0 Å². The molecule has 0 atom stereocenters. The van der Waals surface area contributed by atoms with E-state index in [1.807, 2.05) is 0 Å². The highest BCUT2D eigenvalue weighted by Crippen LogP contribution is 2.01. The number of hydrogen-bond acceptors (Lipinski definition) is 0. The molecule has 0 amide bonds. The molecule has 0 nitrogen and oxygen atoms in total. The van der Waals surface area contributed by atoms with Crippen molar-refractivity contribution in [3.05, 3.63) is 0 Å². The summed E-state index contributed by atoms with van der Waals surface area (Å²) in [6.45, 7) is 0. The normalized spacial score (nSPS) is 16.9. The Hall–Kier alpha value is -0.880. The van der Waals surface area contributed by atoms with E-state index in [1.54, 1.807) is 0 Å². The van der Waals surface area contributed by atoms with Gasteiger partial charge in [-0.1, -0.05) is 18.3 Å². The van der Waals surface area contributed by atoms with Crippen LogP contribution in [0.4, 0.5) is 0 Å². The number of rotatable bonds is 0.